The first-order chi connectivity index (χ1) is 16.4. The van der Waals surface area contributed by atoms with Gasteiger partial charge >= 0.3 is 0 Å². The first-order valence-electron chi connectivity index (χ1n) is 11.5. The van der Waals surface area contributed by atoms with E-state index in [1.54, 1.807) is 13.0 Å². The van der Waals surface area contributed by atoms with E-state index in [0.717, 1.165) is 37.3 Å². The first kappa shape index (κ1) is 26.3. The molecular weight excluding hydrogens is 464 g/mol. The van der Waals surface area contributed by atoms with Gasteiger partial charge in [0, 0.05) is 49.7 Å². The maximum absolute atomic E-state index is 11.8. The Labute approximate surface area is 212 Å². The van der Waals surface area contributed by atoms with E-state index >= 15 is 0 Å². The molecule has 3 aromatic rings. The summed E-state index contributed by atoms with van der Waals surface area (Å²) in [4.78, 5) is 19.2. The summed E-state index contributed by atoms with van der Waals surface area (Å²) in [7, 11) is 0. The predicted molar refractivity (Wildman–Crippen MR) is 141 cm³/mol. The first-order valence-corrected chi connectivity index (χ1v) is 11.5. The third-order valence-electron chi connectivity index (χ3n) is 6.26. The van der Waals surface area contributed by atoms with Crippen molar-refractivity contribution in [3.8, 4) is 22.9 Å². The smallest absolute Gasteiger partial charge is 0.266 e. The molecule has 1 aliphatic rings. The van der Waals surface area contributed by atoms with E-state index in [2.05, 4.69) is 46.0 Å². The zero-order valence-corrected chi connectivity index (χ0v) is 20.8. The minimum absolute atomic E-state index is 0. The number of piperazine rings is 1. The number of aliphatic hydroxyl groups excluding tert-OH is 1. The summed E-state index contributed by atoms with van der Waals surface area (Å²) in [5.74, 6) is 0.662. The Morgan fingerprint density at radius 3 is 2.43 bits per heavy atom. The molecule has 8 heteroatoms. The molecule has 1 aliphatic heterocycles. The summed E-state index contributed by atoms with van der Waals surface area (Å²) in [5, 5.41) is 19.6. The molecule has 0 amide bonds. The highest BCUT2D eigenvalue weighted by Gasteiger charge is 2.20. The number of rotatable bonds is 7. The van der Waals surface area contributed by atoms with Gasteiger partial charge in [0.1, 0.15) is 30.1 Å². The van der Waals surface area contributed by atoms with E-state index in [0.29, 0.717) is 18.0 Å². The number of hydrogen-bond donors (Lipinski definition) is 2. The number of aromatic nitrogens is 1. The van der Waals surface area contributed by atoms with Crippen molar-refractivity contribution >= 4 is 18.1 Å². The van der Waals surface area contributed by atoms with Crippen LogP contribution in [0.2, 0.25) is 0 Å². The number of benzene rings is 2. The summed E-state index contributed by atoms with van der Waals surface area (Å²) in [5.41, 5.74) is 4.66. The Hall–Kier alpha value is -3.31. The zero-order chi connectivity index (χ0) is 24.1. The Morgan fingerprint density at radius 2 is 1.77 bits per heavy atom. The van der Waals surface area contributed by atoms with Gasteiger partial charge in [-0.1, -0.05) is 30.3 Å². The van der Waals surface area contributed by atoms with Gasteiger partial charge in [-0.3, -0.25) is 9.69 Å². The number of β-amino-alcohol motifs (C(OH)–C–C–N with tert-alkyl or cyclic N) is 1. The van der Waals surface area contributed by atoms with Gasteiger partial charge in [0.05, 0.1) is 0 Å². The Morgan fingerprint density at radius 1 is 1.09 bits per heavy atom. The van der Waals surface area contributed by atoms with Crippen LogP contribution < -0.4 is 15.2 Å². The predicted octanol–water partition coefficient (Wildman–Crippen LogP) is 3.51. The number of aromatic amines is 1. The monoisotopic (exact) mass is 494 g/mol. The van der Waals surface area contributed by atoms with Crippen LogP contribution in [-0.2, 0) is 0 Å². The third kappa shape index (κ3) is 6.43. The van der Waals surface area contributed by atoms with E-state index in [1.807, 2.05) is 30.3 Å². The number of ether oxygens (including phenoxy) is 1. The van der Waals surface area contributed by atoms with Crippen LogP contribution >= 0.6 is 12.4 Å². The molecule has 184 valence electrons. The van der Waals surface area contributed by atoms with Crippen LogP contribution in [0.5, 0.6) is 5.75 Å². The molecule has 0 spiro atoms. The van der Waals surface area contributed by atoms with Crippen molar-refractivity contribution in [2.75, 3.05) is 44.2 Å². The highest BCUT2D eigenvalue weighted by atomic mass is 35.5. The quantitative estimate of drug-likeness (QED) is 0.522. The largest absolute Gasteiger partial charge is 0.491 e. The molecule has 0 saturated carbocycles. The van der Waals surface area contributed by atoms with E-state index in [4.69, 9.17) is 10.00 Å². The number of para-hydroxylation sites is 1. The molecule has 1 aromatic heterocycles. The number of anilines is 1. The van der Waals surface area contributed by atoms with Gasteiger partial charge in [0.2, 0.25) is 0 Å². The molecular formula is C27H31ClN4O3. The summed E-state index contributed by atoms with van der Waals surface area (Å²) < 4.78 is 5.80. The van der Waals surface area contributed by atoms with E-state index in [1.165, 1.54) is 11.3 Å². The number of aryl methyl sites for hydroxylation is 2. The minimum Gasteiger partial charge on any atom is -0.491 e. The zero-order valence-electron chi connectivity index (χ0n) is 20.0. The lowest BCUT2D eigenvalue weighted by Crippen LogP contribution is -2.49. The topological polar surface area (TPSA) is 92.6 Å². The van der Waals surface area contributed by atoms with Crippen molar-refractivity contribution in [2.24, 2.45) is 0 Å². The fourth-order valence-corrected chi connectivity index (χ4v) is 4.37. The molecule has 0 aliphatic carbocycles. The Bertz CT molecular complexity index is 1230. The number of H-pyrrole nitrogens is 1. The van der Waals surface area contributed by atoms with E-state index in [-0.39, 0.29) is 30.1 Å². The summed E-state index contributed by atoms with van der Waals surface area (Å²) in [6, 6.07) is 19.4. The van der Waals surface area contributed by atoms with Crippen LogP contribution in [0.1, 0.15) is 16.8 Å². The highest BCUT2D eigenvalue weighted by molar-refractivity contribution is 5.85. The van der Waals surface area contributed by atoms with Gasteiger partial charge in [-0.05, 0) is 49.2 Å². The number of hydrogen-bond acceptors (Lipinski definition) is 6. The summed E-state index contributed by atoms with van der Waals surface area (Å²) in [6.45, 7) is 8.43. The maximum Gasteiger partial charge on any atom is 0.266 e. The van der Waals surface area contributed by atoms with Crippen LogP contribution in [0.3, 0.4) is 0 Å². The molecule has 4 rings (SSSR count). The minimum atomic E-state index is -0.579. The van der Waals surface area contributed by atoms with Crippen molar-refractivity contribution in [3.63, 3.8) is 0 Å². The third-order valence-corrected chi connectivity index (χ3v) is 6.26. The van der Waals surface area contributed by atoms with Gasteiger partial charge in [-0.25, -0.2) is 0 Å². The van der Waals surface area contributed by atoms with Gasteiger partial charge in [-0.2, -0.15) is 5.26 Å². The molecule has 0 radical (unpaired) electrons. The van der Waals surface area contributed by atoms with Gasteiger partial charge in [0.25, 0.3) is 5.56 Å². The van der Waals surface area contributed by atoms with Gasteiger partial charge in [0.15, 0.2) is 0 Å². The molecule has 1 atom stereocenters. The van der Waals surface area contributed by atoms with Crippen LogP contribution in [-0.4, -0.2) is 60.4 Å². The second-order valence-corrected chi connectivity index (χ2v) is 8.73. The molecule has 1 unspecified atom stereocenters. The van der Waals surface area contributed by atoms with Crippen molar-refractivity contribution in [1.29, 1.82) is 5.26 Å². The van der Waals surface area contributed by atoms with Crippen molar-refractivity contribution < 1.29 is 9.84 Å². The molecule has 0 bridgehead atoms. The summed E-state index contributed by atoms with van der Waals surface area (Å²) in [6.07, 6.45) is -0.579. The lowest BCUT2D eigenvalue weighted by molar-refractivity contribution is 0.0663. The van der Waals surface area contributed by atoms with Crippen LogP contribution in [0.25, 0.3) is 11.1 Å². The standard InChI is InChI=1S/C27H30N4O3.ClH/c1-19-5-3-4-6-26(19)31-13-11-30(12-14-31)17-23(32)18-34-24-9-7-21(8-10-24)25-15-22(16-28)27(33)29-20(25)2;/h3-10,15,23,32H,11-14,17-18H2,1-2H3,(H,29,33);1H. The van der Waals surface area contributed by atoms with Crippen molar-refractivity contribution in [3.05, 3.63) is 81.8 Å². The lowest BCUT2D eigenvalue weighted by atomic mass is 10.0. The highest BCUT2D eigenvalue weighted by Crippen LogP contribution is 2.25. The summed E-state index contributed by atoms with van der Waals surface area (Å²) >= 11 is 0. The maximum atomic E-state index is 11.8. The van der Waals surface area contributed by atoms with Crippen LogP contribution in [0.4, 0.5) is 5.69 Å². The molecule has 1 fully saturated rings. The fourth-order valence-electron chi connectivity index (χ4n) is 4.37. The molecule has 2 aromatic carbocycles. The molecule has 1 saturated heterocycles. The molecule has 2 N–H and O–H groups in total. The Balaban J connectivity index is 0.00000342. The average Bonchev–Trinajstić information content (AvgIpc) is 2.84. The van der Waals surface area contributed by atoms with E-state index < -0.39 is 6.10 Å². The molecule has 7 nitrogen and oxygen atoms in total. The number of halogens is 1. The fraction of sp³-hybridized carbons (Fsp3) is 0.333. The van der Waals surface area contributed by atoms with Crippen LogP contribution in [0.15, 0.2) is 59.4 Å². The van der Waals surface area contributed by atoms with E-state index in [9.17, 15) is 9.90 Å². The SMILES string of the molecule is Cc1ccccc1N1CCN(CC(O)COc2ccc(-c3cc(C#N)c(=O)[nH]c3C)cc2)CC1.Cl. The molecule has 2 heterocycles. The second kappa shape index (κ2) is 11.9. The van der Waals surface area contributed by atoms with Crippen molar-refractivity contribution in [2.45, 2.75) is 20.0 Å². The Kier molecular flexibility index (Phi) is 8.94. The molecule has 35 heavy (non-hydrogen) atoms. The number of nitrogens with zero attached hydrogens (tertiary/aromatic N) is 3. The lowest BCUT2D eigenvalue weighted by Gasteiger charge is -2.37. The normalized spacial score (nSPS) is 14.6. The number of nitrogens with one attached hydrogen (secondary N) is 1. The van der Waals surface area contributed by atoms with Gasteiger partial charge < -0.3 is 19.7 Å². The number of aliphatic hydroxyl groups is 1. The van der Waals surface area contributed by atoms with Crippen LogP contribution in [0, 0.1) is 25.2 Å². The average molecular weight is 495 g/mol. The number of pyridine rings is 1. The number of nitriles is 1. The second-order valence-electron chi connectivity index (χ2n) is 8.73. The van der Waals surface area contributed by atoms with Gasteiger partial charge in [-0.15, -0.1) is 12.4 Å². The van der Waals surface area contributed by atoms with Crippen molar-refractivity contribution in [1.82, 2.24) is 9.88 Å².